The smallest absolute Gasteiger partial charge is 0.447 e. The van der Waals surface area contributed by atoms with Crippen molar-refractivity contribution in [3.05, 3.63) is 35.6 Å². The van der Waals surface area contributed by atoms with Crippen LogP contribution in [-0.2, 0) is 16.0 Å². The quantitative estimate of drug-likeness (QED) is 0.590. The van der Waals surface area contributed by atoms with E-state index in [1.807, 2.05) is 6.07 Å². The predicted molar refractivity (Wildman–Crippen MR) is 98.1 cm³/mol. The van der Waals surface area contributed by atoms with Gasteiger partial charge in [0.2, 0.25) is 5.91 Å². The number of rotatable bonds is 7. The number of nitrogens with one attached hydrogen (secondary N) is 1. The molecule has 0 aliphatic carbocycles. The minimum atomic E-state index is -1.83. The van der Waals surface area contributed by atoms with Crippen molar-refractivity contribution in [1.82, 2.24) is 10.2 Å². The monoisotopic (exact) mass is 391 g/mol. The molecule has 28 heavy (non-hydrogen) atoms. The van der Waals surface area contributed by atoms with Gasteiger partial charge in [0.1, 0.15) is 18.8 Å². The van der Waals surface area contributed by atoms with Crippen LogP contribution in [0.25, 0.3) is 0 Å². The highest BCUT2D eigenvalue weighted by atomic mass is 19.1. The molecule has 3 N–H and O–H groups in total. The average Bonchev–Trinajstić information content (AvgIpc) is 2.68. The first-order valence-electron chi connectivity index (χ1n) is 9.11. The van der Waals surface area contributed by atoms with Crippen LogP contribution in [0.3, 0.4) is 0 Å². The zero-order chi connectivity index (χ0) is 20.5. The number of ether oxygens (including phenoxy) is 1. The first-order chi connectivity index (χ1) is 13.4. The number of benzene rings is 1. The van der Waals surface area contributed by atoms with Crippen LogP contribution in [0.1, 0.15) is 31.2 Å². The lowest BCUT2D eigenvalue weighted by Crippen LogP contribution is -2.50. The van der Waals surface area contributed by atoms with Gasteiger partial charge in [-0.25, -0.2) is 9.18 Å². The average molecular weight is 391 g/mol. The molecule has 1 fully saturated rings. The summed E-state index contributed by atoms with van der Waals surface area (Å²) in [6, 6.07) is 6.96. The van der Waals surface area contributed by atoms with Crippen LogP contribution in [0.4, 0.5) is 9.18 Å². The van der Waals surface area contributed by atoms with E-state index in [9.17, 15) is 24.0 Å². The van der Waals surface area contributed by atoms with E-state index in [2.05, 4.69) is 5.32 Å². The van der Waals surface area contributed by atoms with Crippen LogP contribution < -0.4 is 5.32 Å². The Morgan fingerprint density at radius 3 is 2.71 bits per heavy atom. The standard InChI is InChI=1S/C18H23BFN3O5/c20-14-6-4-13(5-7-14)11-16(19(26)27)22-18(25)28-12-15-3-1-2-10-23(15)17(24)8-9-21/h4-7,15-16,26-27H,1-3,8,10-12H2,(H,22,25)/t15-,16+/m1/s1. The lowest BCUT2D eigenvalue weighted by Gasteiger charge is -2.35. The Balaban J connectivity index is 1.88. The molecule has 1 aromatic carbocycles. The van der Waals surface area contributed by atoms with Crippen LogP contribution in [0.2, 0.25) is 0 Å². The van der Waals surface area contributed by atoms with Gasteiger partial charge in [-0.3, -0.25) is 4.79 Å². The molecular formula is C18H23BFN3O5. The summed E-state index contributed by atoms with van der Waals surface area (Å²) in [6.07, 6.45) is 1.37. The second-order valence-electron chi connectivity index (χ2n) is 6.67. The van der Waals surface area contributed by atoms with Crippen molar-refractivity contribution < 1.29 is 28.8 Å². The fourth-order valence-electron chi connectivity index (χ4n) is 3.14. The third-order valence-electron chi connectivity index (χ3n) is 4.62. The molecule has 0 bridgehead atoms. The number of piperidine rings is 1. The largest absolute Gasteiger partial charge is 0.475 e. The van der Waals surface area contributed by atoms with Crippen LogP contribution in [0.5, 0.6) is 0 Å². The summed E-state index contributed by atoms with van der Waals surface area (Å²) >= 11 is 0. The number of carbonyl (C=O) groups excluding carboxylic acids is 2. The van der Waals surface area contributed by atoms with E-state index in [4.69, 9.17) is 10.00 Å². The van der Waals surface area contributed by atoms with E-state index in [-0.39, 0.29) is 31.4 Å². The van der Waals surface area contributed by atoms with E-state index < -0.39 is 25.0 Å². The van der Waals surface area contributed by atoms with Gasteiger partial charge in [-0.1, -0.05) is 12.1 Å². The third kappa shape index (κ3) is 6.51. The highest BCUT2D eigenvalue weighted by Gasteiger charge is 2.29. The number of halogens is 1. The number of nitriles is 1. The van der Waals surface area contributed by atoms with Gasteiger partial charge in [0.05, 0.1) is 18.1 Å². The fourth-order valence-corrected chi connectivity index (χ4v) is 3.14. The molecule has 0 aromatic heterocycles. The van der Waals surface area contributed by atoms with Gasteiger partial charge < -0.3 is 25.0 Å². The van der Waals surface area contributed by atoms with Gasteiger partial charge in [-0.2, -0.15) is 5.26 Å². The Hall–Kier alpha value is -2.64. The maximum absolute atomic E-state index is 13.0. The number of amides is 2. The fraction of sp³-hybridized carbons (Fsp3) is 0.500. The van der Waals surface area contributed by atoms with Crippen molar-refractivity contribution in [3.63, 3.8) is 0 Å². The molecule has 2 atom stereocenters. The number of hydrogen-bond donors (Lipinski definition) is 3. The van der Waals surface area contributed by atoms with Crippen molar-refractivity contribution >= 4 is 19.1 Å². The Kier molecular flexibility index (Phi) is 8.23. The van der Waals surface area contributed by atoms with Crippen LogP contribution in [0.15, 0.2) is 24.3 Å². The van der Waals surface area contributed by atoms with E-state index >= 15 is 0 Å². The molecule has 2 amide bonds. The molecule has 1 heterocycles. The third-order valence-corrected chi connectivity index (χ3v) is 4.62. The molecule has 0 saturated carbocycles. The summed E-state index contributed by atoms with van der Waals surface area (Å²) in [4.78, 5) is 25.6. The number of carbonyl (C=O) groups is 2. The molecule has 1 aliphatic heterocycles. The topological polar surface area (TPSA) is 123 Å². The molecule has 2 rings (SSSR count). The van der Waals surface area contributed by atoms with Gasteiger partial charge >= 0.3 is 13.2 Å². The highest BCUT2D eigenvalue weighted by molar-refractivity contribution is 6.43. The molecule has 1 saturated heterocycles. The van der Waals surface area contributed by atoms with E-state index in [1.54, 1.807) is 4.90 Å². The second kappa shape index (κ2) is 10.6. The van der Waals surface area contributed by atoms with Crippen LogP contribution >= 0.6 is 0 Å². The van der Waals surface area contributed by atoms with Crippen molar-refractivity contribution in [2.45, 2.75) is 44.1 Å². The molecule has 0 radical (unpaired) electrons. The minimum absolute atomic E-state index is 0.0478. The van der Waals surface area contributed by atoms with Gasteiger partial charge in [0.25, 0.3) is 0 Å². The molecule has 10 heteroatoms. The first-order valence-corrected chi connectivity index (χ1v) is 9.11. The highest BCUT2D eigenvalue weighted by Crippen LogP contribution is 2.18. The summed E-state index contributed by atoms with van der Waals surface area (Å²) < 4.78 is 18.1. The Morgan fingerprint density at radius 2 is 2.07 bits per heavy atom. The van der Waals surface area contributed by atoms with Gasteiger partial charge in [-0.05, 0) is 43.4 Å². The SMILES string of the molecule is N#CCC(=O)N1CCCC[C@@H]1COC(=O)N[C@@H](Cc1ccc(F)cc1)B(O)O. The van der Waals surface area contributed by atoms with E-state index in [0.717, 1.165) is 12.8 Å². The minimum Gasteiger partial charge on any atom is -0.447 e. The van der Waals surface area contributed by atoms with E-state index in [0.29, 0.717) is 18.5 Å². The Bertz CT molecular complexity index is 710. The summed E-state index contributed by atoms with van der Waals surface area (Å²) in [6.45, 7) is 0.465. The molecule has 0 unspecified atom stereocenters. The van der Waals surface area contributed by atoms with Crippen molar-refractivity contribution in [2.24, 2.45) is 0 Å². The van der Waals surface area contributed by atoms with E-state index in [1.165, 1.54) is 24.3 Å². The second-order valence-corrected chi connectivity index (χ2v) is 6.67. The van der Waals surface area contributed by atoms with Crippen molar-refractivity contribution in [2.75, 3.05) is 13.2 Å². The molecule has 8 nitrogen and oxygen atoms in total. The Morgan fingerprint density at radius 1 is 1.36 bits per heavy atom. The van der Waals surface area contributed by atoms with Gasteiger partial charge in [-0.15, -0.1) is 0 Å². The van der Waals surface area contributed by atoms with Gasteiger partial charge in [0, 0.05) is 6.54 Å². The number of hydrogen-bond acceptors (Lipinski definition) is 6. The maximum Gasteiger partial charge on any atom is 0.475 e. The summed E-state index contributed by atoms with van der Waals surface area (Å²) in [5.41, 5.74) is 0.611. The molecule has 1 aromatic rings. The van der Waals surface area contributed by atoms with Crippen LogP contribution in [-0.4, -0.2) is 59.2 Å². The number of likely N-dealkylation sites (tertiary alicyclic amines) is 1. The molecule has 150 valence electrons. The zero-order valence-electron chi connectivity index (χ0n) is 15.4. The zero-order valence-corrected chi connectivity index (χ0v) is 15.4. The number of alkyl carbamates (subject to hydrolysis) is 1. The normalized spacial score (nSPS) is 17.4. The maximum atomic E-state index is 13.0. The molecular weight excluding hydrogens is 368 g/mol. The van der Waals surface area contributed by atoms with Crippen molar-refractivity contribution in [1.29, 1.82) is 5.26 Å². The summed E-state index contributed by atoms with van der Waals surface area (Å²) in [7, 11) is -1.83. The summed E-state index contributed by atoms with van der Waals surface area (Å²) in [5.74, 6) is -1.75. The molecule has 1 aliphatic rings. The Labute approximate surface area is 163 Å². The number of nitrogens with zero attached hydrogens (tertiary/aromatic N) is 2. The van der Waals surface area contributed by atoms with Gasteiger partial charge in [0.15, 0.2) is 0 Å². The predicted octanol–water partition coefficient (Wildman–Crippen LogP) is 0.770. The lowest BCUT2D eigenvalue weighted by molar-refractivity contribution is -0.134. The summed E-state index contributed by atoms with van der Waals surface area (Å²) in [5, 5.41) is 30.1. The first kappa shape index (κ1) is 21.7. The van der Waals surface area contributed by atoms with Crippen LogP contribution in [0, 0.1) is 17.1 Å². The molecule has 0 spiro atoms. The lowest BCUT2D eigenvalue weighted by atomic mass is 9.76. The van der Waals surface area contributed by atoms with Crippen molar-refractivity contribution in [3.8, 4) is 6.07 Å².